The summed E-state index contributed by atoms with van der Waals surface area (Å²) in [5, 5.41) is 50.5. The molecule has 6 unspecified atom stereocenters. The van der Waals surface area contributed by atoms with Crippen LogP contribution >= 0.6 is 23.2 Å². The van der Waals surface area contributed by atoms with E-state index >= 15 is 14.4 Å². The molecule has 686 valence electrons. The molecule has 0 aliphatic carbocycles. The maximum Gasteiger partial charge on any atom is 0.318 e. The summed E-state index contributed by atoms with van der Waals surface area (Å²) in [5.74, 6) is -5.61. The minimum absolute atomic E-state index is 0.0146. The largest absolute Gasteiger partial charge is 0.404 e. The Morgan fingerprint density at radius 1 is 0.561 bits per heavy atom. The lowest BCUT2D eigenvalue weighted by Crippen LogP contribution is -2.51. The number of unbranched alkanes of at least 4 members (excludes halogenated alkanes) is 7. The fourth-order valence-corrected chi connectivity index (χ4v) is 16.4. The molecule has 0 fully saturated rings. The van der Waals surface area contributed by atoms with Gasteiger partial charge in [-0.1, -0.05) is 142 Å². The number of aromatic nitrogens is 12. The van der Waals surface area contributed by atoms with Crippen molar-refractivity contribution < 1.29 is 94.4 Å². The molecular formula is C83H129Cl2N17O20S. The van der Waals surface area contributed by atoms with Gasteiger partial charge in [-0.05, 0) is 142 Å². The molecule has 6 atom stereocenters. The van der Waals surface area contributed by atoms with E-state index in [1.807, 2.05) is 38.2 Å². The normalized spacial score (nSPS) is 15.5. The maximum atomic E-state index is 15.9. The van der Waals surface area contributed by atoms with Crippen LogP contribution in [0.3, 0.4) is 0 Å². The summed E-state index contributed by atoms with van der Waals surface area (Å²) in [7, 11) is 3.40. The van der Waals surface area contributed by atoms with Crippen molar-refractivity contribution >= 4 is 68.9 Å². The zero-order chi connectivity index (χ0) is 89.6. The number of sulfonamides is 1. The fraction of sp³-hybridized carbons (Fsp3) is 0.687. The number of carbonyl (C=O) groups excluding carboxylic acids is 6. The number of likely N-dealkylation sites (N-methyl/N-ethyl adjacent to an activating group) is 1. The number of nitrogens with one attached hydrogen (secondary N) is 3. The molecule has 37 nitrogen and oxygen atoms in total. The molecular weight excluding hydrogens is 1660 g/mol. The van der Waals surface area contributed by atoms with Gasteiger partial charge in [0.15, 0.2) is 0 Å². The van der Waals surface area contributed by atoms with E-state index in [0.717, 1.165) is 42.4 Å². The van der Waals surface area contributed by atoms with Crippen LogP contribution < -0.4 is 34.3 Å². The van der Waals surface area contributed by atoms with Gasteiger partial charge in [-0.15, -0.1) is 0 Å². The quantitative estimate of drug-likeness (QED) is 0.0207. The Balaban J connectivity index is 1.08. The fourth-order valence-electron chi connectivity index (χ4n) is 14.7. The molecule has 0 spiro atoms. The van der Waals surface area contributed by atoms with Crippen LogP contribution in [0.5, 0.6) is 23.5 Å². The Kier molecular flexibility index (Phi) is 42.2. The lowest BCUT2D eigenvalue weighted by molar-refractivity contribution is -0.162. The number of halogens is 2. The number of benzene rings is 2. The van der Waals surface area contributed by atoms with Gasteiger partial charge in [-0.25, -0.2) is 31.9 Å². The van der Waals surface area contributed by atoms with E-state index in [9.17, 15) is 27.9 Å². The number of esters is 4. The molecule has 1 aliphatic heterocycles. The Morgan fingerprint density at radius 2 is 1.02 bits per heavy atom. The predicted molar refractivity (Wildman–Crippen MR) is 454 cm³/mol. The van der Waals surface area contributed by atoms with E-state index in [2.05, 4.69) is 68.4 Å². The molecule has 0 radical (unpaired) electrons. The Hall–Kier alpha value is -8.09. The van der Waals surface area contributed by atoms with Crippen LogP contribution in [0.2, 0.25) is 10.0 Å². The number of amides is 2. The van der Waals surface area contributed by atoms with Gasteiger partial charge in [0, 0.05) is 80.7 Å². The van der Waals surface area contributed by atoms with Gasteiger partial charge in [-0.2, -0.15) is 0 Å². The van der Waals surface area contributed by atoms with Gasteiger partial charge in [0.25, 0.3) is 23.5 Å². The second kappa shape index (κ2) is 50.9. The summed E-state index contributed by atoms with van der Waals surface area (Å²) >= 11 is 13.0. The van der Waals surface area contributed by atoms with Crippen molar-refractivity contribution in [3.63, 3.8) is 0 Å². The topological polar surface area (TPSA) is 424 Å². The molecule has 4 N–H and O–H groups in total. The first-order valence-electron chi connectivity index (χ1n) is 42.2. The van der Waals surface area contributed by atoms with Crippen LogP contribution in [-0.2, 0) is 105 Å². The van der Waals surface area contributed by atoms with E-state index in [1.165, 1.54) is 92.2 Å². The number of nitrogens with zero attached hydrogens (tertiary/aromatic N) is 14. The first-order valence-corrected chi connectivity index (χ1v) is 44.4. The third-order valence-electron chi connectivity index (χ3n) is 21.1. The van der Waals surface area contributed by atoms with Crippen LogP contribution in [0, 0.1) is 27.1 Å². The van der Waals surface area contributed by atoms with Crippen molar-refractivity contribution in [1.82, 2.24) is 85.1 Å². The summed E-state index contributed by atoms with van der Waals surface area (Å²) in [6.07, 6.45) is 11.9. The monoisotopic (exact) mass is 1790 g/mol. The van der Waals surface area contributed by atoms with Crippen LogP contribution in [0.4, 0.5) is 0 Å². The summed E-state index contributed by atoms with van der Waals surface area (Å²) in [5.41, 5.74) is -6.29. The molecule has 5 heterocycles. The van der Waals surface area contributed by atoms with E-state index in [0.29, 0.717) is 62.7 Å². The van der Waals surface area contributed by atoms with Crippen LogP contribution in [0.1, 0.15) is 175 Å². The smallest absolute Gasteiger partial charge is 0.318 e. The standard InChI is InChI=1S/C83H129Cl2N17O20S/c1-14-16-17-18-19-20-21-22-29-99-53-70(89-93-99)119-75(106)79(4,5)57-81(7,76(107)120-71-54-100(94-90-71)31-27-86-69(104)26-30-97(10)11)59-83(9,78(109)122-73-56-102(96-92-73)33-36-115-41-44-118-46-45-116-38-37-112-13)60-82(8,58-80(6,15-2)74(105)87-50-61(3)103)77(108)121-72-55-101(95-91-72)32-35-114-40-43-117-42-39-113-34-28-88-123(110,111)64-25-23-24-62(47-64)66-51-98(12)52-67-65(66)48-63(84)49-68(67)85/h23-25,47-49,53-56,61,66,88,103H,14-22,26-46,50-52,57-60H2,1-13H3,(H,86,104)(H,87,105). The van der Waals surface area contributed by atoms with Crippen molar-refractivity contribution in [2.45, 2.75) is 202 Å². The second-order valence-corrected chi connectivity index (χ2v) is 35.9. The molecule has 0 bridgehead atoms. The van der Waals surface area contributed by atoms with Gasteiger partial charge < -0.3 is 77.6 Å². The number of hydrogen-bond donors (Lipinski definition) is 4. The van der Waals surface area contributed by atoms with Crippen molar-refractivity contribution in [2.75, 3.05) is 147 Å². The zero-order valence-corrected chi connectivity index (χ0v) is 76.0. The van der Waals surface area contributed by atoms with Crippen molar-refractivity contribution in [3.05, 3.63) is 87.9 Å². The highest BCUT2D eigenvalue weighted by Gasteiger charge is 2.56. The summed E-state index contributed by atoms with van der Waals surface area (Å²) < 4.78 is 98.8. The molecule has 40 heteroatoms. The summed E-state index contributed by atoms with van der Waals surface area (Å²) in [6.45, 7) is 20.7. The number of hydrogen-bond acceptors (Lipinski definition) is 30. The first kappa shape index (κ1) is 102. The number of ether oxygens (including phenoxy) is 11. The number of methoxy groups -OCH3 is 1. The highest BCUT2D eigenvalue weighted by Crippen LogP contribution is 2.52. The summed E-state index contributed by atoms with van der Waals surface area (Å²) in [6, 6.07) is 10.4. The number of aliphatic hydroxyl groups excluding tert-OH is 1. The second-order valence-electron chi connectivity index (χ2n) is 33.3. The minimum Gasteiger partial charge on any atom is -0.404 e. The molecule has 0 saturated carbocycles. The van der Waals surface area contributed by atoms with E-state index in [4.69, 9.17) is 75.3 Å². The Bertz CT molecular complexity index is 4380. The highest BCUT2D eigenvalue weighted by molar-refractivity contribution is 7.89. The molecule has 0 saturated heterocycles. The Labute approximate surface area is 731 Å². The average molecular weight is 1790 g/mol. The molecule has 2 amide bonds. The van der Waals surface area contributed by atoms with Crippen molar-refractivity contribution in [1.29, 1.82) is 0 Å². The van der Waals surface area contributed by atoms with Crippen LogP contribution in [0.25, 0.3) is 0 Å². The number of aliphatic hydroxyl groups is 1. The molecule has 2 aromatic carbocycles. The third kappa shape index (κ3) is 34.3. The number of carbonyl (C=O) groups is 6. The number of aryl methyl sites for hydroxylation is 1. The number of rotatable bonds is 62. The van der Waals surface area contributed by atoms with Gasteiger partial charge in [0.05, 0.1) is 163 Å². The maximum absolute atomic E-state index is 15.9. The lowest BCUT2D eigenvalue weighted by Gasteiger charge is -2.44. The van der Waals surface area contributed by atoms with E-state index < -0.39 is 92.2 Å². The van der Waals surface area contributed by atoms with Crippen LogP contribution in [-0.4, -0.2) is 272 Å². The number of fused-ring (bicyclic) bond motifs is 1. The van der Waals surface area contributed by atoms with Gasteiger partial charge in [0.1, 0.15) is 0 Å². The SMILES string of the molecule is CCCCCCCCCCn1cc(OC(=O)C(C)(C)CC(C)(CC(C)(CC(C)(CC(C)(CC)C(=O)NCC(C)O)C(=O)Oc2cn(CCOCCOCCOCCNS(=O)(=O)c3cccc(C4CN(C)Cc5c(Cl)cc(Cl)cc54)c3)nn2)C(=O)Oc2cn(CCOCCOCCOCCOC)nn2)C(=O)Oc2cn(CCNC(=O)CCN(C)C)nn2)nn1. The average Bonchev–Trinajstić information content (AvgIpc) is 1.46. The van der Waals surface area contributed by atoms with Gasteiger partial charge in [0.2, 0.25) is 21.8 Å². The molecule has 1 aliphatic rings. The summed E-state index contributed by atoms with van der Waals surface area (Å²) in [4.78, 5) is 93.3. The third-order valence-corrected chi connectivity index (χ3v) is 23.1. The molecule has 7 rings (SSSR count). The Morgan fingerprint density at radius 3 is 1.51 bits per heavy atom. The van der Waals surface area contributed by atoms with Gasteiger partial charge in [-0.3, -0.25) is 28.8 Å². The minimum atomic E-state index is -3.89. The zero-order valence-electron chi connectivity index (χ0n) is 73.7. The highest BCUT2D eigenvalue weighted by atomic mass is 35.5. The molecule has 4 aromatic heterocycles. The van der Waals surface area contributed by atoms with E-state index in [-0.39, 0.29) is 158 Å². The van der Waals surface area contributed by atoms with E-state index in [1.54, 1.807) is 63.8 Å². The molecule has 6 aromatic rings. The van der Waals surface area contributed by atoms with Crippen molar-refractivity contribution in [2.24, 2.45) is 27.1 Å². The predicted octanol–water partition coefficient (Wildman–Crippen LogP) is 8.11. The lowest BCUT2D eigenvalue weighted by atomic mass is 9.59. The first-order chi connectivity index (χ1) is 58.6. The van der Waals surface area contributed by atoms with Gasteiger partial charge >= 0.3 is 23.9 Å². The van der Waals surface area contributed by atoms with Crippen molar-refractivity contribution in [3.8, 4) is 23.5 Å². The molecule has 123 heavy (non-hydrogen) atoms. The van der Waals surface area contributed by atoms with Crippen LogP contribution in [0.15, 0.2) is 66.1 Å².